The Morgan fingerprint density at radius 3 is 1.90 bits per heavy atom. The first-order valence-electron chi connectivity index (χ1n) is 3.53. The van der Waals surface area contributed by atoms with E-state index in [0.29, 0.717) is 12.8 Å². The molecule has 1 nitrogen and oxygen atoms in total. The van der Waals surface area contributed by atoms with E-state index in [1.807, 2.05) is 0 Å². The fourth-order valence-electron chi connectivity index (χ4n) is 1.13. The van der Waals surface area contributed by atoms with Crippen molar-refractivity contribution in [3.63, 3.8) is 0 Å². The lowest BCUT2D eigenvalue weighted by Gasteiger charge is -2.03. The molecule has 0 aromatic heterocycles. The van der Waals surface area contributed by atoms with Gasteiger partial charge in [-0.25, -0.2) is 8.78 Å². The summed E-state index contributed by atoms with van der Waals surface area (Å²) in [6.45, 7) is 0. The number of rotatable bonds is 0. The van der Waals surface area contributed by atoms with Crippen molar-refractivity contribution in [1.82, 2.24) is 0 Å². The molecule has 0 aromatic rings. The lowest BCUT2D eigenvalue weighted by atomic mass is 10.1. The van der Waals surface area contributed by atoms with Crippen LogP contribution in [0.15, 0.2) is 0 Å². The van der Waals surface area contributed by atoms with E-state index < -0.39 is 18.1 Å². The summed E-state index contributed by atoms with van der Waals surface area (Å²) >= 11 is 0. The maximum absolute atomic E-state index is 12.5. The van der Waals surface area contributed by atoms with Crippen molar-refractivity contribution in [2.24, 2.45) is 0 Å². The molecule has 2 atom stereocenters. The molecule has 0 radical (unpaired) electrons. The van der Waals surface area contributed by atoms with Gasteiger partial charge in [-0.3, -0.25) is 4.79 Å². The third-order valence-electron chi connectivity index (χ3n) is 1.78. The van der Waals surface area contributed by atoms with Gasteiger partial charge in [0.2, 0.25) is 5.78 Å². The van der Waals surface area contributed by atoms with Gasteiger partial charge in [-0.15, -0.1) is 0 Å². The van der Waals surface area contributed by atoms with Gasteiger partial charge < -0.3 is 0 Å². The second kappa shape index (κ2) is 3.08. The maximum atomic E-state index is 12.5. The summed E-state index contributed by atoms with van der Waals surface area (Å²) in [5.41, 5.74) is 0. The lowest BCUT2D eigenvalue weighted by molar-refractivity contribution is -0.128. The van der Waals surface area contributed by atoms with Crippen LogP contribution < -0.4 is 0 Å². The summed E-state index contributed by atoms with van der Waals surface area (Å²) in [7, 11) is 0. The standard InChI is InChI=1S/C7H10F2O/c8-5-3-1-2-4-6(9)7(5)10/h5-6H,1-4H2. The quantitative estimate of drug-likeness (QED) is 0.479. The van der Waals surface area contributed by atoms with E-state index in [9.17, 15) is 13.6 Å². The third-order valence-corrected chi connectivity index (χ3v) is 1.78. The van der Waals surface area contributed by atoms with Gasteiger partial charge in [0.15, 0.2) is 12.3 Å². The van der Waals surface area contributed by atoms with Gasteiger partial charge in [-0.2, -0.15) is 0 Å². The highest BCUT2D eigenvalue weighted by molar-refractivity contribution is 5.87. The number of ketones is 1. The van der Waals surface area contributed by atoms with E-state index in [2.05, 4.69) is 0 Å². The van der Waals surface area contributed by atoms with Crippen molar-refractivity contribution in [3.05, 3.63) is 0 Å². The topological polar surface area (TPSA) is 17.1 Å². The maximum Gasteiger partial charge on any atom is 0.200 e. The molecule has 58 valence electrons. The molecule has 1 aliphatic carbocycles. The van der Waals surface area contributed by atoms with Gasteiger partial charge in [-0.1, -0.05) is 0 Å². The highest BCUT2D eigenvalue weighted by atomic mass is 19.1. The molecule has 0 aliphatic heterocycles. The highest BCUT2D eigenvalue weighted by Gasteiger charge is 2.28. The Morgan fingerprint density at radius 2 is 1.50 bits per heavy atom. The minimum absolute atomic E-state index is 0.208. The monoisotopic (exact) mass is 148 g/mol. The predicted octanol–water partition coefficient (Wildman–Crippen LogP) is 1.81. The summed E-state index contributed by atoms with van der Waals surface area (Å²) < 4.78 is 25.0. The van der Waals surface area contributed by atoms with E-state index >= 15 is 0 Å². The normalized spacial score (nSPS) is 35.6. The SMILES string of the molecule is O=C1C(F)CCCCC1F. The molecule has 1 rings (SSSR count). The van der Waals surface area contributed by atoms with Crippen LogP contribution in [0, 0.1) is 0 Å². The molecule has 2 unspecified atom stereocenters. The highest BCUT2D eigenvalue weighted by Crippen LogP contribution is 2.19. The first-order valence-corrected chi connectivity index (χ1v) is 3.53. The van der Waals surface area contributed by atoms with E-state index in [-0.39, 0.29) is 12.8 Å². The molecule has 1 aliphatic rings. The fraction of sp³-hybridized carbons (Fsp3) is 0.857. The Morgan fingerprint density at radius 1 is 1.10 bits per heavy atom. The molecule has 10 heavy (non-hydrogen) atoms. The first kappa shape index (κ1) is 7.63. The molecule has 0 amide bonds. The van der Waals surface area contributed by atoms with Gasteiger partial charge in [0.25, 0.3) is 0 Å². The van der Waals surface area contributed by atoms with Crippen molar-refractivity contribution >= 4 is 5.78 Å². The molecule has 0 heterocycles. The van der Waals surface area contributed by atoms with Crippen LogP contribution in [0.2, 0.25) is 0 Å². The second-order valence-corrected chi connectivity index (χ2v) is 2.62. The van der Waals surface area contributed by atoms with Gasteiger partial charge in [0.1, 0.15) is 0 Å². The van der Waals surface area contributed by atoms with Crippen molar-refractivity contribution in [2.45, 2.75) is 38.0 Å². The Balaban J connectivity index is 2.55. The molecule has 1 saturated carbocycles. The number of hydrogen-bond donors (Lipinski definition) is 0. The van der Waals surface area contributed by atoms with Crippen LogP contribution in [0.3, 0.4) is 0 Å². The molecule has 0 N–H and O–H groups in total. The van der Waals surface area contributed by atoms with E-state index in [1.165, 1.54) is 0 Å². The lowest BCUT2D eigenvalue weighted by Crippen LogP contribution is -2.23. The van der Waals surface area contributed by atoms with Crippen LogP contribution in [0.1, 0.15) is 25.7 Å². The first-order chi connectivity index (χ1) is 4.72. The largest absolute Gasteiger partial charge is 0.293 e. The van der Waals surface area contributed by atoms with Crippen LogP contribution in [-0.2, 0) is 4.79 Å². The Labute approximate surface area is 58.4 Å². The fourth-order valence-corrected chi connectivity index (χ4v) is 1.13. The van der Waals surface area contributed by atoms with E-state index in [0.717, 1.165) is 0 Å². The van der Waals surface area contributed by atoms with Crippen LogP contribution in [0.4, 0.5) is 8.78 Å². The van der Waals surface area contributed by atoms with E-state index in [4.69, 9.17) is 0 Å². The zero-order chi connectivity index (χ0) is 7.56. The molecule has 0 aromatic carbocycles. The van der Waals surface area contributed by atoms with Crippen LogP contribution in [0.5, 0.6) is 0 Å². The zero-order valence-corrected chi connectivity index (χ0v) is 5.65. The van der Waals surface area contributed by atoms with Gasteiger partial charge in [0, 0.05) is 0 Å². The summed E-state index contributed by atoms with van der Waals surface area (Å²) in [6, 6.07) is 0. The Kier molecular flexibility index (Phi) is 2.35. The van der Waals surface area contributed by atoms with Crippen LogP contribution >= 0.6 is 0 Å². The number of hydrogen-bond acceptors (Lipinski definition) is 1. The predicted molar refractivity (Wildman–Crippen MR) is 33.3 cm³/mol. The average Bonchev–Trinajstić information content (AvgIpc) is 2.04. The van der Waals surface area contributed by atoms with Crippen molar-refractivity contribution in [1.29, 1.82) is 0 Å². The zero-order valence-electron chi connectivity index (χ0n) is 5.65. The minimum atomic E-state index is -1.54. The minimum Gasteiger partial charge on any atom is -0.293 e. The van der Waals surface area contributed by atoms with Gasteiger partial charge in [0.05, 0.1) is 0 Å². The molecule has 1 fully saturated rings. The van der Waals surface area contributed by atoms with Crippen LogP contribution in [-0.4, -0.2) is 18.1 Å². The number of alkyl halides is 2. The molecule has 0 saturated heterocycles. The van der Waals surface area contributed by atoms with Crippen molar-refractivity contribution in [3.8, 4) is 0 Å². The summed E-state index contributed by atoms with van der Waals surface area (Å²) in [6.07, 6.45) is -1.41. The van der Waals surface area contributed by atoms with Gasteiger partial charge >= 0.3 is 0 Å². The third kappa shape index (κ3) is 1.52. The van der Waals surface area contributed by atoms with E-state index in [1.54, 1.807) is 0 Å². The smallest absolute Gasteiger partial charge is 0.200 e. The Bertz CT molecular complexity index is 122. The molecule has 3 heteroatoms. The van der Waals surface area contributed by atoms with Crippen LogP contribution in [0.25, 0.3) is 0 Å². The number of carbonyl (C=O) groups excluding carboxylic acids is 1. The number of carbonyl (C=O) groups is 1. The molecule has 0 spiro atoms. The summed E-state index contributed by atoms with van der Waals surface area (Å²) in [4.78, 5) is 10.6. The number of Topliss-reactive ketones (excluding diaryl/α,β-unsaturated/α-hetero) is 1. The molecule has 0 bridgehead atoms. The molecular formula is C7H10F2O. The number of halogens is 2. The Hall–Kier alpha value is -0.470. The summed E-state index contributed by atoms with van der Waals surface area (Å²) in [5, 5.41) is 0. The van der Waals surface area contributed by atoms with Crippen molar-refractivity contribution in [2.75, 3.05) is 0 Å². The average molecular weight is 148 g/mol. The van der Waals surface area contributed by atoms with Gasteiger partial charge in [-0.05, 0) is 25.7 Å². The molecular weight excluding hydrogens is 138 g/mol. The summed E-state index contributed by atoms with van der Waals surface area (Å²) in [5.74, 6) is -0.850. The second-order valence-electron chi connectivity index (χ2n) is 2.62. The van der Waals surface area contributed by atoms with Crippen molar-refractivity contribution < 1.29 is 13.6 Å².